The van der Waals surface area contributed by atoms with E-state index in [2.05, 4.69) is 34.9 Å². The summed E-state index contributed by atoms with van der Waals surface area (Å²) in [5.74, 6) is 0.799. The van der Waals surface area contributed by atoms with E-state index in [9.17, 15) is 18.0 Å². The highest BCUT2D eigenvalue weighted by atomic mass is 19.4. The van der Waals surface area contributed by atoms with Crippen LogP contribution in [0, 0.1) is 11.8 Å². The second-order valence-corrected chi connectivity index (χ2v) is 9.05. The summed E-state index contributed by atoms with van der Waals surface area (Å²) in [6, 6.07) is -1.66. The summed E-state index contributed by atoms with van der Waals surface area (Å²) in [7, 11) is 0. The van der Waals surface area contributed by atoms with Gasteiger partial charge in [0.25, 0.3) is 0 Å². The van der Waals surface area contributed by atoms with E-state index in [0.29, 0.717) is 30.7 Å². The van der Waals surface area contributed by atoms with Crippen LogP contribution in [0.15, 0.2) is 0 Å². The largest absolute Gasteiger partial charge is 0.403 e. The van der Waals surface area contributed by atoms with E-state index in [1.54, 1.807) is 0 Å². The topological polar surface area (TPSA) is 56.4 Å². The van der Waals surface area contributed by atoms with Crippen molar-refractivity contribution in [2.24, 2.45) is 11.8 Å². The van der Waals surface area contributed by atoms with E-state index in [0.717, 1.165) is 38.8 Å². The molecule has 2 aliphatic heterocycles. The molecule has 5 nitrogen and oxygen atoms in total. The number of piperidine rings is 1. The highest BCUT2D eigenvalue weighted by molar-refractivity contribution is 5.82. The summed E-state index contributed by atoms with van der Waals surface area (Å²) in [4.78, 5) is 12.6. The SMILES string of the molecule is CC(CN1NCCC1C)C1CCCC(NC(=O)C2CCCC(C(F)(F)F)N2)C1. The molecule has 0 bridgehead atoms. The van der Waals surface area contributed by atoms with Gasteiger partial charge in [0.1, 0.15) is 6.04 Å². The quantitative estimate of drug-likeness (QED) is 0.660. The molecule has 28 heavy (non-hydrogen) atoms. The smallest absolute Gasteiger partial charge is 0.352 e. The van der Waals surface area contributed by atoms with E-state index < -0.39 is 18.3 Å². The number of rotatable bonds is 5. The zero-order chi connectivity index (χ0) is 20.3. The lowest BCUT2D eigenvalue weighted by Crippen LogP contribution is -2.57. The minimum Gasteiger partial charge on any atom is -0.352 e. The summed E-state index contributed by atoms with van der Waals surface area (Å²) in [5.41, 5.74) is 3.44. The lowest BCUT2D eigenvalue weighted by molar-refractivity contribution is -0.164. The number of amides is 1. The van der Waals surface area contributed by atoms with Gasteiger partial charge >= 0.3 is 6.18 Å². The molecule has 3 rings (SSSR count). The summed E-state index contributed by atoms with van der Waals surface area (Å²) in [5, 5.41) is 7.90. The van der Waals surface area contributed by atoms with Crippen molar-refractivity contribution < 1.29 is 18.0 Å². The van der Waals surface area contributed by atoms with Gasteiger partial charge in [-0.1, -0.05) is 13.3 Å². The van der Waals surface area contributed by atoms with Gasteiger partial charge in [-0.05, 0) is 63.7 Å². The second kappa shape index (κ2) is 9.30. The molecule has 3 aliphatic rings. The van der Waals surface area contributed by atoms with Gasteiger partial charge in [0.15, 0.2) is 0 Å². The number of hydrogen-bond acceptors (Lipinski definition) is 4. The minimum atomic E-state index is -4.29. The van der Waals surface area contributed by atoms with Crippen molar-refractivity contribution in [1.82, 2.24) is 21.1 Å². The third-order valence-electron chi connectivity index (χ3n) is 6.86. The third-order valence-corrected chi connectivity index (χ3v) is 6.86. The molecule has 0 aromatic carbocycles. The van der Waals surface area contributed by atoms with Gasteiger partial charge in [0.05, 0.1) is 6.04 Å². The van der Waals surface area contributed by atoms with Gasteiger partial charge in [0.2, 0.25) is 5.91 Å². The van der Waals surface area contributed by atoms with E-state index in [4.69, 9.17) is 0 Å². The van der Waals surface area contributed by atoms with Crippen LogP contribution < -0.4 is 16.1 Å². The first kappa shape index (κ1) is 21.8. The lowest BCUT2D eigenvalue weighted by atomic mass is 9.78. The first-order chi connectivity index (χ1) is 13.2. The molecular formula is C20H35F3N4O. The van der Waals surface area contributed by atoms with Crippen LogP contribution in [0.2, 0.25) is 0 Å². The van der Waals surface area contributed by atoms with Crippen molar-refractivity contribution >= 4 is 5.91 Å². The molecule has 0 spiro atoms. The Morgan fingerprint density at radius 1 is 1.18 bits per heavy atom. The number of alkyl halides is 3. The van der Waals surface area contributed by atoms with Crippen LogP contribution in [0.25, 0.3) is 0 Å². The fraction of sp³-hybridized carbons (Fsp3) is 0.950. The van der Waals surface area contributed by atoms with Crippen LogP contribution in [0.4, 0.5) is 13.2 Å². The van der Waals surface area contributed by atoms with Crippen molar-refractivity contribution in [3.63, 3.8) is 0 Å². The number of hydrazine groups is 1. The molecule has 6 atom stereocenters. The predicted octanol–water partition coefficient (Wildman–Crippen LogP) is 2.97. The number of carbonyl (C=O) groups excluding carboxylic acids is 1. The summed E-state index contributed by atoms with van der Waals surface area (Å²) >= 11 is 0. The number of nitrogens with zero attached hydrogens (tertiary/aromatic N) is 1. The Bertz CT molecular complexity index is 530. The van der Waals surface area contributed by atoms with Gasteiger partial charge in [-0.2, -0.15) is 13.2 Å². The molecule has 2 heterocycles. The Morgan fingerprint density at radius 3 is 2.61 bits per heavy atom. The van der Waals surface area contributed by atoms with Gasteiger partial charge < -0.3 is 5.32 Å². The van der Waals surface area contributed by atoms with Crippen LogP contribution in [0.3, 0.4) is 0 Å². The van der Waals surface area contributed by atoms with Crippen LogP contribution in [0.5, 0.6) is 0 Å². The molecule has 0 radical (unpaired) electrons. The first-order valence-electron chi connectivity index (χ1n) is 10.9. The molecule has 1 amide bonds. The molecule has 1 aliphatic carbocycles. The summed E-state index contributed by atoms with van der Waals surface area (Å²) < 4.78 is 38.9. The van der Waals surface area contributed by atoms with E-state index in [-0.39, 0.29) is 18.4 Å². The second-order valence-electron chi connectivity index (χ2n) is 9.05. The van der Waals surface area contributed by atoms with E-state index >= 15 is 0 Å². The average Bonchev–Trinajstić information content (AvgIpc) is 3.06. The zero-order valence-corrected chi connectivity index (χ0v) is 17.0. The predicted molar refractivity (Wildman–Crippen MR) is 102 cm³/mol. The highest BCUT2D eigenvalue weighted by Crippen LogP contribution is 2.32. The molecule has 0 aromatic rings. The third kappa shape index (κ3) is 5.60. The molecule has 0 aromatic heterocycles. The van der Waals surface area contributed by atoms with Crippen molar-refractivity contribution in [2.75, 3.05) is 13.1 Å². The number of halogens is 3. The van der Waals surface area contributed by atoms with Gasteiger partial charge in [-0.25, -0.2) is 5.01 Å². The Kier molecular flexibility index (Phi) is 7.26. The van der Waals surface area contributed by atoms with Crippen LogP contribution in [0.1, 0.15) is 65.2 Å². The standard InChI is InChI=1S/C20H35F3N4O/c1-13(12-27-14(2)9-10-24-27)15-5-3-6-16(11-15)25-19(28)17-7-4-8-18(26-17)20(21,22)23/h13-18,24,26H,3-12H2,1-2H3,(H,25,28). The van der Waals surface area contributed by atoms with Crippen LogP contribution in [-0.2, 0) is 4.79 Å². The lowest BCUT2D eigenvalue weighted by Gasteiger charge is -2.37. The van der Waals surface area contributed by atoms with Crippen molar-refractivity contribution in [2.45, 2.75) is 95.6 Å². The van der Waals surface area contributed by atoms with Crippen molar-refractivity contribution in [3.8, 4) is 0 Å². The maximum absolute atomic E-state index is 13.0. The molecule has 3 N–H and O–H groups in total. The molecule has 2 saturated heterocycles. The minimum absolute atomic E-state index is 0.0548. The molecule has 3 fully saturated rings. The Morgan fingerprint density at radius 2 is 1.93 bits per heavy atom. The maximum atomic E-state index is 13.0. The van der Waals surface area contributed by atoms with Crippen molar-refractivity contribution in [1.29, 1.82) is 0 Å². The average molecular weight is 405 g/mol. The van der Waals surface area contributed by atoms with Gasteiger partial charge in [-0.3, -0.25) is 15.5 Å². The fourth-order valence-electron chi connectivity index (χ4n) is 5.01. The van der Waals surface area contributed by atoms with Crippen molar-refractivity contribution in [3.05, 3.63) is 0 Å². The molecule has 162 valence electrons. The molecule has 6 unspecified atom stereocenters. The number of hydrogen-bond donors (Lipinski definition) is 3. The van der Waals surface area contributed by atoms with E-state index in [1.165, 1.54) is 6.42 Å². The van der Waals surface area contributed by atoms with Crippen LogP contribution in [-0.4, -0.2) is 54.3 Å². The maximum Gasteiger partial charge on any atom is 0.403 e. The fourth-order valence-corrected chi connectivity index (χ4v) is 5.01. The number of carbonyl (C=O) groups is 1. The van der Waals surface area contributed by atoms with E-state index in [1.807, 2.05) is 0 Å². The summed E-state index contributed by atoms with van der Waals surface area (Å²) in [6.45, 7) is 6.55. The summed E-state index contributed by atoms with van der Waals surface area (Å²) in [6.07, 6.45) is 1.91. The Labute approximate surface area is 166 Å². The zero-order valence-electron chi connectivity index (χ0n) is 17.0. The normalized spacial score (nSPS) is 36.2. The first-order valence-corrected chi connectivity index (χ1v) is 10.9. The number of nitrogens with one attached hydrogen (secondary N) is 3. The highest BCUT2D eigenvalue weighted by Gasteiger charge is 2.43. The monoisotopic (exact) mass is 404 g/mol. The molecule has 8 heteroatoms. The molecular weight excluding hydrogens is 369 g/mol. The Balaban J connectivity index is 1.48. The van der Waals surface area contributed by atoms with Gasteiger partial charge in [0, 0.05) is 25.2 Å². The Hall–Kier alpha value is -0.860. The van der Waals surface area contributed by atoms with Gasteiger partial charge in [-0.15, -0.1) is 0 Å². The molecule has 1 saturated carbocycles. The van der Waals surface area contributed by atoms with Crippen LogP contribution >= 0.6 is 0 Å².